The van der Waals surface area contributed by atoms with Gasteiger partial charge in [-0.1, -0.05) is 35.5 Å². The average Bonchev–Trinajstić information content (AvgIpc) is 3.02. The summed E-state index contributed by atoms with van der Waals surface area (Å²) >= 11 is 0. The highest BCUT2D eigenvalue weighted by molar-refractivity contribution is 6.43. The van der Waals surface area contributed by atoms with Crippen LogP contribution in [0, 0.1) is 6.92 Å². The number of hydrogen-bond acceptors (Lipinski definition) is 5. The second-order valence-corrected chi connectivity index (χ2v) is 5.14. The lowest BCUT2D eigenvalue weighted by molar-refractivity contribution is -0.133. The van der Waals surface area contributed by atoms with Crippen LogP contribution in [0.4, 0.5) is 11.5 Å². The molecule has 3 rings (SSSR count). The minimum Gasteiger partial charge on any atom is -0.455 e. The molecule has 7 nitrogen and oxygen atoms in total. The number of nitrogens with one attached hydrogen (secondary N) is 2. The number of carbonyl (C=O) groups excluding carboxylic acids is 2. The van der Waals surface area contributed by atoms with Crippen LogP contribution in [0.25, 0.3) is 0 Å². The number of aryl methyl sites for hydroxylation is 1. The van der Waals surface area contributed by atoms with Crippen LogP contribution in [0.1, 0.15) is 5.76 Å². The predicted molar refractivity (Wildman–Crippen MR) is 91.5 cm³/mol. The lowest BCUT2D eigenvalue weighted by Gasteiger charge is -2.11. The summed E-state index contributed by atoms with van der Waals surface area (Å²) < 4.78 is 10.6. The lowest BCUT2D eigenvalue weighted by Crippen LogP contribution is -2.29. The maximum absolute atomic E-state index is 12.1. The number of hydrogen-bond donors (Lipinski definition) is 2. The van der Waals surface area contributed by atoms with Crippen molar-refractivity contribution in [1.29, 1.82) is 0 Å². The standard InChI is InChI=1S/C18H15N3O4/c1-12-11-16(21-25-12)20-18(23)17(22)19-14-9-5-6-10-15(14)24-13-7-3-2-4-8-13/h2-11H,1H3,(H,19,22)(H,20,21,23). The fraction of sp³-hybridized carbons (Fsp3) is 0.0556. The van der Waals surface area contributed by atoms with Gasteiger partial charge in [-0.15, -0.1) is 0 Å². The maximum Gasteiger partial charge on any atom is 0.315 e. The van der Waals surface area contributed by atoms with Crippen LogP contribution in [-0.2, 0) is 9.59 Å². The van der Waals surface area contributed by atoms with E-state index < -0.39 is 11.8 Å². The summed E-state index contributed by atoms with van der Waals surface area (Å²) in [4.78, 5) is 24.0. The first-order valence-corrected chi connectivity index (χ1v) is 7.49. The molecule has 0 atom stereocenters. The van der Waals surface area contributed by atoms with E-state index in [9.17, 15) is 9.59 Å². The molecule has 0 aliphatic heterocycles. The van der Waals surface area contributed by atoms with Crippen molar-refractivity contribution in [3.05, 3.63) is 66.4 Å². The molecule has 0 aliphatic carbocycles. The van der Waals surface area contributed by atoms with Crippen molar-refractivity contribution in [2.45, 2.75) is 6.92 Å². The molecule has 2 amide bonds. The van der Waals surface area contributed by atoms with Gasteiger partial charge in [-0.2, -0.15) is 0 Å². The molecule has 0 fully saturated rings. The second-order valence-electron chi connectivity index (χ2n) is 5.14. The monoisotopic (exact) mass is 337 g/mol. The van der Waals surface area contributed by atoms with Gasteiger partial charge in [-0.25, -0.2) is 0 Å². The fourth-order valence-corrected chi connectivity index (χ4v) is 2.05. The fourth-order valence-electron chi connectivity index (χ4n) is 2.05. The van der Waals surface area contributed by atoms with E-state index in [-0.39, 0.29) is 5.82 Å². The summed E-state index contributed by atoms with van der Waals surface area (Å²) in [6, 6.07) is 17.5. The Balaban J connectivity index is 1.69. The quantitative estimate of drug-likeness (QED) is 0.712. The van der Waals surface area contributed by atoms with Gasteiger partial charge in [-0.05, 0) is 31.2 Å². The van der Waals surface area contributed by atoms with E-state index >= 15 is 0 Å². The summed E-state index contributed by atoms with van der Waals surface area (Å²) in [5, 5.41) is 8.49. The largest absolute Gasteiger partial charge is 0.455 e. The molecule has 25 heavy (non-hydrogen) atoms. The summed E-state index contributed by atoms with van der Waals surface area (Å²) in [7, 11) is 0. The van der Waals surface area contributed by atoms with Crippen molar-refractivity contribution in [3.63, 3.8) is 0 Å². The molecule has 126 valence electrons. The summed E-state index contributed by atoms with van der Waals surface area (Å²) in [5.74, 6) is 0.0372. The van der Waals surface area contributed by atoms with E-state index in [0.717, 1.165) is 0 Å². The number of aromatic nitrogens is 1. The molecule has 0 spiro atoms. The summed E-state index contributed by atoms with van der Waals surface area (Å²) in [5.41, 5.74) is 0.378. The highest BCUT2D eigenvalue weighted by Gasteiger charge is 2.17. The molecular formula is C18H15N3O4. The van der Waals surface area contributed by atoms with Crippen molar-refractivity contribution >= 4 is 23.3 Å². The Morgan fingerprint density at radius 2 is 1.64 bits per heavy atom. The van der Waals surface area contributed by atoms with Crippen LogP contribution in [-0.4, -0.2) is 17.0 Å². The van der Waals surface area contributed by atoms with Gasteiger partial charge in [-0.3, -0.25) is 14.9 Å². The number of amides is 2. The summed E-state index contributed by atoms with van der Waals surface area (Å²) in [6.45, 7) is 1.68. The Morgan fingerprint density at radius 1 is 0.960 bits per heavy atom. The third-order valence-corrected chi connectivity index (χ3v) is 3.18. The zero-order valence-corrected chi connectivity index (χ0v) is 13.4. The van der Waals surface area contributed by atoms with E-state index in [0.29, 0.717) is 22.9 Å². The van der Waals surface area contributed by atoms with Gasteiger partial charge in [0.25, 0.3) is 0 Å². The van der Waals surface area contributed by atoms with Gasteiger partial charge < -0.3 is 14.6 Å². The van der Waals surface area contributed by atoms with Crippen LogP contribution < -0.4 is 15.4 Å². The number of nitrogens with zero attached hydrogens (tertiary/aromatic N) is 1. The van der Waals surface area contributed by atoms with Crippen molar-refractivity contribution in [2.24, 2.45) is 0 Å². The molecule has 0 aliphatic rings. The van der Waals surface area contributed by atoms with Crippen molar-refractivity contribution in [3.8, 4) is 11.5 Å². The van der Waals surface area contributed by atoms with E-state index in [2.05, 4.69) is 15.8 Å². The van der Waals surface area contributed by atoms with E-state index in [1.165, 1.54) is 6.07 Å². The normalized spacial score (nSPS) is 10.1. The van der Waals surface area contributed by atoms with Crippen LogP contribution in [0.15, 0.2) is 65.2 Å². The van der Waals surface area contributed by atoms with Crippen LogP contribution >= 0.6 is 0 Å². The van der Waals surface area contributed by atoms with Gasteiger partial charge in [0.05, 0.1) is 5.69 Å². The average molecular weight is 337 g/mol. The molecule has 0 saturated heterocycles. The Hall–Kier alpha value is -3.61. The number of anilines is 2. The highest BCUT2D eigenvalue weighted by Crippen LogP contribution is 2.29. The molecule has 1 heterocycles. The van der Waals surface area contributed by atoms with Crippen LogP contribution in [0.3, 0.4) is 0 Å². The van der Waals surface area contributed by atoms with Gasteiger partial charge in [0.1, 0.15) is 11.5 Å². The number of benzene rings is 2. The minimum atomic E-state index is -0.859. The van der Waals surface area contributed by atoms with E-state index in [1.54, 1.807) is 43.3 Å². The summed E-state index contributed by atoms with van der Waals surface area (Å²) in [6.07, 6.45) is 0. The van der Waals surface area contributed by atoms with Crippen LogP contribution in [0.5, 0.6) is 11.5 Å². The SMILES string of the molecule is Cc1cc(NC(=O)C(=O)Nc2ccccc2Oc2ccccc2)no1. The first-order chi connectivity index (χ1) is 12.1. The van der Waals surface area contributed by atoms with Gasteiger partial charge in [0, 0.05) is 6.07 Å². The molecule has 0 bridgehead atoms. The third kappa shape index (κ3) is 4.23. The van der Waals surface area contributed by atoms with Crippen LogP contribution in [0.2, 0.25) is 0 Å². The van der Waals surface area contributed by atoms with Crippen molar-refractivity contribution in [1.82, 2.24) is 5.16 Å². The zero-order chi connectivity index (χ0) is 17.6. The Kier molecular flexibility index (Phi) is 4.75. The van der Waals surface area contributed by atoms with Crippen molar-refractivity contribution in [2.75, 3.05) is 10.6 Å². The molecule has 2 N–H and O–H groups in total. The molecule has 2 aromatic carbocycles. The predicted octanol–water partition coefficient (Wildman–Crippen LogP) is 3.35. The van der Waals surface area contributed by atoms with Crippen molar-refractivity contribution < 1.29 is 18.8 Å². The Labute approximate surface area is 143 Å². The third-order valence-electron chi connectivity index (χ3n) is 3.18. The molecular weight excluding hydrogens is 322 g/mol. The number of para-hydroxylation sites is 3. The maximum atomic E-state index is 12.1. The Morgan fingerprint density at radius 3 is 2.36 bits per heavy atom. The number of rotatable bonds is 4. The number of carbonyl (C=O) groups is 2. The second kappa shape index (κ2) is 7.31. The molecule has 0 unspecified atom stereocenters. The highest BCUT2D eigenvalue weighted by atomic mass is 16.5. The zero-order valence-electron chi connectivity index (χ0n) is 13.4. The number of ether oxygens (including phenoxy) is 1. The van der Waals surface area contributed by atoms with E-state index in [4.69, 9.17) is 9.26 Å². The van der Waals surface area contributed by atoms with E-state index in [1.807, 2.05) is 18.2 Å². The van der Waals surface area contributed by atoms with Gasteiger partial charge in [0.15, 0.2) is 11.6 Å². The minimum absolute atomic E-state index is 0.173. The molecule has 0 radical (unpaired) electrons. The van der Waals surface area contributed by atoms with Gasteiger partial charge >= 0.3 is 11.8 Å². The Bertz CT molecular complexity index is 890. The molecule has 1 aromatic heterocycles. The molecule has 0 saturated carbocycles. The topological polar surface area (TPSA) is 93.5 Å². The molecule has 3 aromatic rings. The molecule has 7 heteroatoms. The lowest BCUT2D eigenvalue weighted by atomic mass is 10.2. The first kappa shape index (κ1) is 16.3. The first-order valence-electron chi connectivity index (χ1n) is 7.49. The van der Waals surface area contributed by atoms with Gasteiger partial charge in [0.2, 0.25) is 0 Å². The smallest absolute Gasteiger partial charge is 0.315 e.